The van der Waals surface area contributed by atoms with Crippen molar-refractivity contribution in [2.24, 2.45) is 0 Å². The molecule has 1 unspecified atom stereocenters. The lowest BCUT2D eigenvalue weighted by atomic mass is 9.86. The standard InChI is InChI=1S/C18H28N2O.ClH/c1-14-13-20(12-11-19-14)17(21)10-7-15-5-8-16(9-6-15)18(2,3)4;/h5-6,8-9,14,19H,7,10-13H2,1-4H3;1H. The van der Waals surface area contributed by atoms with E-state index in [9.17, 15) is 4.79 Å². The summed E-state index contributed by atoms with van der Waals surface area (Å²) in [6.45, 7) is 11.4. The molecule has 0 aliphatic carbocycles. The lowest BCUT2D eigenvalue weighted by Gasteiger charge is -2.32. The molecular weight excluding hydrogens is 296 g/mol. The average Bonchev–Trinajstić information content (AvgIpc) is 2.44. The molecule has 1 heterocycles. The topological polar surface area (TPSA) is 32.3 Å². The summed E-state index contributed by atoms with van der Waals surface area (Å²) in [5.74, 6) is 0.281. The van der Waals surface area contributed by atoms with E-state index in [4.69, 9.17) is 0 Å². The second-order valence-corrected chi connectivity index (χ2v) is 7.14. The van der Waals surface area contributed by atoms with Gasteiger partial charge in [0.25, 0.3) is 0 Å². The van der Waals surface area contributed by atoms with E-state index in [2.05, 4.69) is 57.3 Å². The van der Waals surface area contributed by atoms with Crippen LogP contribution < -0.4 is 5.32 Å². The number of piperazine rings is 1. The zero-order valence-electron chi connectivity index (χ0n) is 14.2. The molecule has 3 nitrogen and oxygen atoms in total. The molecule has 1 saturated heterocycles. The predicted octanol–water partition coefficient (Wildman–Crippen LogP) is 3.16. The first kappa shape index (κ1) is 19.0. The van der Waals surface area contributed by atoms with Crippen molar-refractivity contribution in [3.05, 3.63) is 35.4 Å². The van der Waals surface area contributed by atoms with Gasteiger partial charge in [0.05, 0.1) is 0 Å². The number of nitrogens with one attached hydrogen (secondary N) is 1. The number of aryl methyl sites for hydroxylation is 1. The van der Waals surface area contributed by atoms with Crippen LogP contribution in [0.5, 0.6) is 0 Å². The summed E-state index contributed by atoms with van der Waals surface area (Å²) in [4.78, 5) is 14.2. The highest BCUT2D eigenvalue weighted by Crippen LogP contribution is 2.22. The number of carbonyl (C=O) groups excluding carboxylic acids is 1. The average molecular weight is 325 g/mol. The Kier molecular flexibility index (Phi) is 6.89. The van der Waals surface area contributed by atoms with Gasteiger partial charge in [-0.25, -0.2) is 0 Å². The first-order chi connectivity index (χ1) is 9.86. The van der Waals surface area contributed by atoms with Crippen LogP contribution in [-0.2, 0) is 16.6 Å². The van der Waals surface area contributed by atoms with Gasteiger partial charge in [-0.15, -0.1) is 12.4 Å². The Hall–Kier alpha value is -1.06. The second kappa shape index (κ2) is 7.98. The molecule has 1 atom stereocenters. The van der Waals surface area contributed by atoms with Gasteiger partial charge in [0, 0.05) is 32.1 Å². The molecule has 0 bridgehead atoms. The summed E-state index contributed by atoms with van der Waals surface area (Å²) in [5, 5.41) is 3.37. The molecule has 124 valence electrons. The van der Waals surface area contributed by atoms with Crippen LogP contribution in [0.2, 0.25) is 0 Å². The van der Waals surface area contributed by atoms with E-state index in [1.54, 1.807) is 0 Å². The predicted molar refractivity (Wildman–Crippen MR) is 94.8 cm³/mol. The van der Waals surface area contributed by atoms with Gasteiger partial charge in [-0.2, -0.15) is 0 Å². The van der Waals surface area contributed by atoms with Crippen LogP contribution in [0.1, 0.15) is 45.2 Å². The van der Waals surface area contributed by atoms with Crippen molar-refractivity contribution in [2.75, 3.05) is 19.6 Å². The van der Waals surface area contributed by atoms with Crippen LogP contribution in [0.25, 0.3) is 0 Å². The lowest BCUT2D eigenvalue weighted by molar-refractivity contribution is -0.132. The maximum absolute atomic E-state index is 12.2. The van der Waals surface area contributed by atoms with Gasteiger partial charge in [-0.1, -0.05) is 45.0 Å². The number of benzene rings is 1. The summed E-state index contributed by atoms with van der Waals surface area (Å²) in [6.07, 6.45) is 1.45. The summed E-state index contributed by atoms with van der Waals surface area (Å²) >= 11 is 0. The van der Waals surface area contributed by atoms with Crippen LogP contribution in [0.3, 0.4) is 0 Å². The fourth-order valence-corrected chi connectivity index (χ4v) is 2.74. The molecule has 0 aromatic heterocycles. The quantitative estimate of drug-likeness (QED) is 0.926. The maximum atomic E-state index is 12.2. The van der Waals surface area contributed by atoms with Crippen molar-refractivity contribution in [1.29, 1.82) is 0 Å². The summed E-state index contributed by atoms with van der Waals surface area (Å²) < 4.78 is 0. The van der Waals surface area contributed by atoms with Gasteiger partial charge in [0.2, 0.25) is 5.91 Å². The van der Waals surface area contributed by atoms with Crippen molar-refractivity contribution in [3.63, 3.8) is 0 Å². The molecular formula is C18H29ClN2O. The van der Waals surface area contributed by atoms with E-state index in [0.717, 1.165) is 26.1 Å². The van der Waals surface area contributed by atoms with Gasteiger partial charge in [0.1, 0.15) is 0 Å². The molecule has 0 spiro atoms. The minimum atomic E-state index is 0. The van der Waals surface area contributed by atoms with Gasteiger partial charge in [-0.3, -0.25) is 4.79 Å². The molecule has 1 aromatic carbocycles. The van der Waals surface area contributed by atoms with Crippen LogP contribution in [0, 0.1) is 0 Å². The molecule has 1 aliphatic heterocycles. The van der Waals surface area contributed by atoms with Gasteiger partial charge in [-0.05, 0) is 29.9 Å². The SMILES string of the molecule is CC1CN(C(=O)CCc2ccc(C(C)(C)C)cc2)CCN1.Cl. The van der Waals surface area contributed by atoms with E-state index < -0.39 is 0 Å². The number of rotatable bonds is 3. The lowest BCUT2D eigenvalue weighted by Crippen LogP contribution is -2.51. The highest BCUT2D eigenvalue weighted by molar-refractivity contribution is 5.85. The molecule has 0 saturated carbocycles. The summed E-state index contributed by atoms with van der Waals surface area (Å²) in [6, 6.07) is 9.11. The molecule has 22 heavy (non-hydrogen) atoms. The number of halogens is 1. The van der Waals surface area contributed by atoms with Crippen molar-refractivity contribution < 1.29 is 4.79 Å². The first-order valence-electron chi connectivity index (χ1n) is 7.97. The highest BCUT2D eigenvalue weighted by atomic mass is 35.5. The first-order valence-corrected chi connectivity index (χ1v) is 7.97. The smallest absolute Gasteiger partial charge is 0.222 e. The Morgan fingerprint density at radius 3 is 2.45 bits per heavy atom. The Morgan fingerprint density at radius 2 is 1.91 bits per heavy atom. The van der Waals surface area contributed by atoms with Gasteiger partial charge >= 0.3 is 0 Å². The Labute approximate surface area is 140 Å². The molecule has 1 amide bonds. The second-order valence-electron chi connectivity index (χ2n) is 7.14. The largest absolute Gasteiger partial charge is 0.340 e. The molecule has 4 heteroatoms. The third kappa shape index (κ3) is 5.29. The van der Waals surface area contributed by atoms with E-state index >= 15 is 0 Å². The van der Waals surface area contributed by atoms with Crippen LogP contribution in [0.4, 0.5) is 0 Å². The van der Waals surface area contributed by atoms with Crippen LogP contribution in [0.15, 0.2) is 24.3 Å². The van der Waals surface area contributed by atoms with E-state index in [0.29, 0.717) is 12.5 Å². The number of carbonyl (C=O) groups is 1. The number of hydrogen-bond donors (Lipinski definition) is 1. The summed E-state index contributed by atoms with van der Waals surface area (Å²) in [7, 11) is 0. The Morgan fingerprint density at radius 1 is 1.27 bits per heavy atom. The fraction of sp³-hybridized carbons (Fsp3) is 0.611. The number of nitrogens with zero attached hydrogens (tertiary/aromatic N) is 1. The fourth-order valence-electron chi connectivity index (χ4n) is 2.74. The van der Waals surface area contributed by atoms with Gasteiger partial charge < -0.3 is 10.2 Å². The van der Waals surface area contributed by atoms with Crippen molar-refractivity contribution in [1.82, 2.24) is 10.2 Å². The van der Waals surface area contributed by atoms with Crippen molar-refractivity contribution >= 4 is 18.3 Å². The molecule has 0 radical (unpaired) electrons. The third-order valence-electron chi connectivity index (χ3n) is 4.17. The minimum Gasteiger partial charge on any atom is -0.340 e. The van der Waals surface area contributed by atoms with Crippen LogP contribution in [-0.4, -0.2) is 36.5 Å². The van der Waals surface area contributed by atoms with E-state index in [1.807, 2.05) is 4.90 Å². The monoisotopic (exact) mass is 324 g/mol. The zero-order valence-corrected chi connectivity index (χ0v) is 15.0. The highest BCUT2D eigenvalue weighted by Gasteiger charge is 2.20. The normalized spacial score (nSPS) is 18.7. The van der Waals surface area contributed by atoms with Crippen LogP contribution >= 0.6 is 12.4 Å². The molecule has 1 aromatic rings. The number of hydrogen-bond acceptors (Lipinski definition) is 2. The Balaban J connectivity index is 0.00000242. The molecule has 1 fully saturated rings. The zero-order chi connectivity index (χ0) is 15.5. The third-order valence-corrected chi connectivity index (χ3v) is 4.17. The minimum absolute atomic E-state index is 0. The molecule has 1 N–H and O–H groups in total. The van der Waals surface area contributed by atoms with Crippen molar-refractivity contribution in [3.8, 4) is 0 Å². The van der Waals surface area contributed by atoms with Gasteiger partial charge in [0.15, 0.2) is 0 Å². The summed E-state index contributed by atoms with van der Waals surface area (Å²) in [5.41, 5.74) is 2.78. The van der Waals surface area contributed by atoms with E-state index in [-0.39, 0.29) is 23.7 Å². The Bertz CT molecular complexity index is 479. The molecule has 2 rings (SSSR count). The maximum Gasteiger partial charge on any atom is 0.222 e. The van der Waals surface area contributed by atoms with Crippen molar-refractivity contribution in [2.45, 2.75) is 52.0 Å². The molecule has 1 aliphatic rings. The number of amides is 1. The van der Waals surface area contributed by atoms with E-state index in [1.165, 1.54) is 11.1 Å².